The zero-order chi connectivity index (χ0) is 8.55. The molecule has 6 heteroatoms. The molecule has 0 aliphatic rings. The molecule has 2 aromatic rings. The maximum atomic E-state index is 10.5. The van der Waals surface area contributed by atoms with Gasteiger partial charge in [0.25, 0.3) is 0 Å². The van der Waals surface area contributed by atoms with Crippen LogP contribution in [-0.4, -0.2) is 20.6 Å². The molecule has 0 saturated heterocycles. The van der Waals surface area contributed by atoms with Gasteiger partial charge in [-0.15, -0.1) is 0 Å². The van der Waals surface area contributed by atoms with Crippen LogP contribution < -0.4 is 34.7 Å². The monoisotopic (exact) mass is 185 g/mol. The topological polar surface area (TPSA) is 70.3 Å². The molecule has 0 spiro atoms. The van der Waals surface area contributed by atoms with Crippen molar-refractivity contribution in [2.75, 3.05) is 0 Å². The average Bonchev–Trinajstić information content (AvgIpc) is 2.49. The van der Waals surface area contributed by atoms with Gasteiger partial charge in [0, 0.05) is 11.8 Å². The van der Waals surface area contributed by atoms with Crippen LogP contribution in [0.25, 0.3) is 5.65 Å². The Morgan fingerprint density at radius 2 is 2.31 bits per heavy atom. The van der Waals surface area contributed by atoms with Crippen LogP contribution in [0.3, 0.4) is 0 Å². The number of aromatic carboxylic acids is 1. The van der Waals surface area contributed by atoms with Crippen molar-refractivity contribution in [1.82, 2.24) is 14.6 Å². The SMILES string of the molecule is O=C([O-])c1cccn2ncnc12.[Na+]. The fraction of sp³-hybridized carbons (Fsp3) is 0. The Morgan fingerprint density at radius 1 is 1.54 bits per heavy atom. The van der Waals surface area contributed by atoms with Crippen LogP contribution in [0.4, 0.5) is 0 Å². The number of nitrogens with zero attached hydrogens (tertiary/aromatic N) is 3. The van der Waals surface area contributed by atoms with Crippen LogP contribution in [0.5, 0.6) is 0 Å². The van der Waals surface area contributed by atoms with Crippen molar-refractivity contribution in [3.8, 4) is 0 Å². The number of hydrogen-bond acceptors (Lipinski definition) is 4. The minimum atomic E-state index is -1.24. The molecule has 0 amide bonds. The third kappa shape index (κ3) is 1.72. The van der Waals surface area contributed by atoms with Crippen molar-refractivity contribution >= 4 is 11.6 Å². The molecule has 0 atom stereocenters. The molecule has 2 heterocycles. The molecular formula is C7H4N3NaO2. The maximum Gasteiger partial charge on any atom is 1.00 e. The van der Waals surface area contributed by atoms with Crippen LogP contribution in [-0.2, 0) is 0 Å². The van der Waals surface area contributed by atoms with Gasteiger partial charge in [0.05, 0.1) is 5.97 Å². The van der Waals surface area contributed by atoms with Gasteiger partial charge in [0.15, 0.2) is 5.65 Å². The van der Waals surface area contributed by atoms with E-state index in [1.54, 1.807) is 12.3 Å². The smallest absolute Gasteiger partial charge is 0.545 e. The average molecular weight is 185 g/mol. The first-order valence-corrected chi connectivity index (χ1v) is 3.29. The Morgan fingerprint density at radius 3 is 3.00 bits per heavy atom. The van der Waals surface area contributed by atoms with E-state index in [4.69, 9.17) is 0 Å². The summed E-state index contributed by atoms with van der Waals surface area (Å²) in [5, 5.41) is 14.3. The number of fused-ring (bicyclic) bond motifs is 1. The zero-order valence-electron chi connectivity index (χ0n) is 6.97. The van der Waals surface area contributed by atoms with Gasteiger partial charge in [-0.2, -0.15) is 5.10 Å². The molecule has 0 N–H and O–H groups in total. The summed E-state index contributed by atoms with van der Waals surface area (Å²) in [5.74, 6) is -1.24. The molecule has 0 aliphatic carbocycles. The standard InChI is InChI=1S/C7H5N3O2.Na/c11-7(12)5-2-1-3-10-6(5)8-4-9-10;/h1-4H,(H,11,12);/q;+1/p-1. The first-order chi connectivity index (χ1) is 5.79. The number of carbonyl (C=O) groups is 1. The maximum absolute atomic E-state index is 10.5. The van der Waals surface area contributed by atoms with Gasteiger partial charge in [-0.1, -0.05) is 0 Å². The number of aromatic nitrogens is 3. The summed E-state index contributed by atoms with van der Waals surface area (Å²) in [7, 11) is 0. The molecule has 0 aromatic carbocycles. The van der Waals surface area contributed by atoms with E-state index in [9.17, 15) is 9.90 Å². The molecule has 60 valence electrons. The van der Waals surface area contributed by atoms with Crippen molar-refractivity contribution in [3.63, 3.8) is 0 Å². The van der Waals surface area contributed by atoms with Crippen LogP contribution in [0.15, 0.2) is 24.7 Å². The molecule has 0 unspecified atom stereocenters. The summed E-state index contributed by atoms with van der Waals surface area (Å²) < 4.78 is 1.38. The molecule has 2 rings (SSSR count). The second-order valence-electron chi connectivity index (χ2n) is 2.24. The summed E-state index contributed by atoms with van der Waals surface area (Å²) in [6.45, 7) is 0. The van der Waals surface area contributed by atoms with Gasteiger partial charge in [0.1, 0.15) is 6.33 Å². The number of carboxylic acid groups (broad SMARTS) is 1. The van der Waals surface area contributed by atoms with Crippen LogP contribution in [0, 0.1) is 0 Å². The zero-order valence-corrected chi connectivity index (χ0v) is 8.97. The van der Waals surface area contributed by atoms with Gasteiger partial charge < -0.3 is 9.90 Å². The quantitative estimate of drug-likeness (QED) is 0.426. The van der Waals surface area contributed by atoms with Crippen molar-refractivity contribution in [2.24, 2.45) is 0 Å². The molecule has 0 bridgehead atoms. The molecule has 0 fully saturated rings. The van der Waals surface area contributed by atoms with Crippen molar-refractivity contribution in [3.05, 3.63) is 30.2 Å². The van der Waals surface area contributed by atoms with E-state index in [0.717, 1.165) is 0 Å². The normalized spacial score (nSPS) is 9.54. The molecule has 0 aliphatic heterocycles. The summed E-state index contributed by atoms with van der Waals surface area (Å²) >= 11 is 0. The minimum absolute atomic E-state index is 0. The summed E-state index contributed by atoms with van der Waals surface area (Å²) in [5.41, 5.74) is 0.354. The van der Waals surface area contributed by atoms with Crippen LogP contribution in [0.1, 0.15) is 10.4 Å². The van der Waals surface area contributed by atoms with E-state index in [2.05, 4.69) is 10.1 Å². The second kappa shape index (κ2) is 3.87. The van der Waals surface area contributed by atoms with E-state index in [1.807, 2.05) is 0 Å². The third-order valence-corrected chi connectivity index (χ3v) is 1.52. The van der Waals surface area contributed by atoms with Gasteiger partial charge in [-0.3, -0.25) is 0 Å². The van der Waals surface area contributed by atoms with E-state index in [0.29, 0.717) is 5.65 Å². The Labute approximate surface area is 95.7 Å². The van der Waals surface area contributed by atoms with Gasteiger partial charge >= 0.3 is 29.6 Å². The van der Waals surface area contributed by atoms with Crippen LogP contribution >= 0.6 is 0 Å². The van der Waals surface area contributed by atoms with Gasteiger partial charge in [-0.05, 0) is 12.1 Å². The summed E-state index contributed by atoms with van der Waals surface area (Å²) in [6.07, 6.45) is 2.91. The molecule has 5 nitrogen and oxygen atoms in total. The predicted molar refractivity (Wildman–Crippen MR) is 37.3 cm³/mol. The number of hydrogen-bond donors (Lipinski definition) is 0. The van der Waals surface area contributed by atoms with E-state index < -0.39 is 5.97 Å². The van der Waals surface area contributed by atoms with Gasteiger partial charge in [-0.25, -0.2) is 9.50 Å². The van der Waals surface area contributed by atoms with Crippen LogP contribution in [0.2, 0.25) is 0 Å². The Bertz CT molecular complexity index is 440. The molecular weight excluding hydrogens is 181 g/mol. The largest absolute Gasteiger partial charge is 1.00 e. The van der Waals surface area contributed by atoms with E-state index >= 15 is 0 Å². The Balaban J connectivity index is 0.000000845. The summed E-state index contributed by atoms with van der Waals surface area (Å²) in [6, 6.07) is 3.01. The molecule has 2 aromatic heterocycles. The fourth-order valence-electron chi connectivity index (χ4n) is 1.01. The Kier molecular flexibility index (Phi) is 3.02. The number of carbonyl (C=O) groups excluding carboxylic acids is 1. The van der Waals surface area contributed by atoms with E-state index in [1.165, 1.54) is 16.9 Å². The van der Waals surface area contributed by atoms with Gasteiger partial charge in [0.2, 0.25) is 0 Å². The Hall–Kier alpha value is -0.910. The first-order valence-electron chi connectivity index (χ1n) is 3.29. The predicted octanol–water partition coefficient (Wildman–Crippen LogP) is -3.90. The van der Waals surface area contributed by atoms with Crippen molar-refractivity contribution in [2.45, 2.75) is 0 Å². The first kappa shape index (κ1) is 10.2. The molecule has 13 heavy (non-hydrogen) atoms. The number of pyridine rings is 1. The van der Waals surface area contributed by atoms with Crippen molar-refractivity contribution < 1.29 is 39.5 Å². The fourth-order valence-corrected chi connectivity index (χ4v) is 1.01. The van der Waals surface area contributed by atoms with Crippen molar-refractivity contribution in [1.29, 1.82) is 0 Å². The van der Waals surface area contributed by atoms with E-state index in [-0.39, 0.29) is 35.1 Å². The third-order valence-electron chi connectivity index (χ3n) is 1.52. The second-order valence-corrected chi connectivity index (χ2v) is 2.24. The number of carboxylic acids is 1. The summed E-state index contributed by atoms with van der Waals surface area (Å²) in [4.78, 5) is 14.3. The molecule has 0 radical (unpaired) electrons. The minimum Gasteiger partial charge on any atom is -0.545 e. The molecule has 0 saturated carbocycles. The number of rotatable bonds is 1.